The highest BCUT2D eigenvalue weighted by atomic mass is 32.1. The molecule has 5 nitrogen and oxygen atoms in total. The van der Waals surface area contributed by atoms with Gasteiger partial charge in [-0.25, -0.2) is 18.6 Å². The van der Waals surface area contributed by atoms with Gasteiger partial charge in [-0.1, -0.05) is 0 Å². The number of methoxy groups -OCH3 is 1. The van der Waals surface area contributed by atoms with Crippen molar-refractivity contribution in [2.45, 2.75) is 13.8 Å². The average molecular weight is 350 g/mol. The Morgan fingerprint density at radius 2 is 1.96 bits per heavy atom. The molecule has 0 radical (unpaired) electrons. The summed E-state index contributed by atoms with van der Waals surface area (Å²) in [6.07, 6.45) is 0. The molecule has 0 saturated carbocycles. The van der Waals surface area contributed by atoms with Gasteiger partial charge in [-0.3, -0.25) is 0 Å². The zero-order valence-corrected chi connectivity index (χ0v) is 13.8. The van der Waals surface area contributed by atoms with Crippen LogP contribution in [0.25, 0.3) is 10.2 Å². The van der Waals surface area contributed by atoms with Gasteiger partial charge in [0.05, 0.1) is 12.5 Å². The Balaban J connectivity index is 2.16. The number of fused-ring (bicyclic) bond motifs is 1. The van der Waals surface area contributed by atoms with E-state index in [4.69, 9.17) is 9.47 Å². The summed E-state index contributed by atoms with van der Waals surface area (Å²) in [5.74, 6) is -1.71. The summed E-state index contributed by atoms with van der Waals surface area (Å²) >= 11 is 1.14. The summed E-state index contributed by atoms with van der Waals surface area (Å²) in [5, 5.41) is 0.495. The molecule has 0 amide bonds. The molecule has 24 heavy (non-hydrogen) atoms. The molecular weight excluding hydrogens is 338 g/mol. The number of hydrogen-bond donors (Lipinski definition) is 0. The van der Waals surface area contributed by atoms with Crippen molar-refractivity contribution in [1.29, 1.82) is 0 Å². The van der Waals surface area contributed by atoms with E-state index < -0.39 is 17.6 Å². The molecule has 0 aliphatic carbocycles. The van der Waals surface area contributed by atoms with Gasteiger partial charge in [0, 0.05) is 6.07 Å². The van der Waals surface area contributed by atoms with Gasteiger partial charge in [0.25, 0.3) is 0 Å². The van der Waals surface area contributed by atoms with Crippen LogP contribution in [0.1, 0.15) is 21.1 Å². The molecule has 0 aliphatic heterocycles. The van der Waals surface area contributed by atoms with Gasteiger partial charge in [-0.2, -0.15) is 4.98 Å². The van der Waals surface area contributed by atoms with E-state index in [2.05, 4.69) is 9.97 Å². The van der Waals surface area contributed by atoms with Crippen LogP contribution in [0.4, 0.5) is 8.78 Å². The number of rotatable bonds is 3. The van der Waals surface area contributed by atoms with Crippen molar-refractivity contribution < 1.29 is 23.0 Å². The van der Waals surface area contributed by atoms with Crippen LogP contribution in [0, 0.1) is 25.5 Å². The first-order valence-electron chi connectivity index (χ1n) is 6.89. The standard InChI is InChI=1S/C16H12F2N2O3S/c1-7-12-14(23-11-5-4-9(17)6-10(11)18)19-8(2)20-15(12)24-13(7)16(21)22-3/h4-6H,1-3H3. The molecular formula is C16H12F2N2O3S. The molecule has 2 aromatic heterocycles. The summed E-state index contributed by atoms with van der Waals surface area (Å²) in [7, 11) is 1.29. The van der Waals surface area contributed by atoms with Gasteiger partial charge < -0.3 is 9.47 Å². The van der Waals surface area contributed by atoms with Gasteiger partial charge in [0.15, 0.2) is 11.6 Å². The molecule has 3 aromatic rings. The zero-order valence-electron chi connectivity index (χ0n) is 13.0. The van der Waals surface area contributed by atoms with E-state index in [0.29, 0.717) is 26.5 Å². The number of carbonyl (C=O) groups is 1. The molecule has 3 rings (SSSR count). The summed E-state index contributed by atoms with van der Waals surface area (Å²) in [4.78, 5) is 21.2. The van der Waals surface area contributed by atoms with Crippen LogP contribution in [0.15, 0.2) is 18.2 Å². The van der Waals surface area contributed by atoms with Crippen molar-refractivity contribution in [3.8, 4) is 11.6 Å². The molecule has 0 aliphatic rings. The summed E-state index contributed by atoms with van der Waals surface area (Å²) in [6, 6.07) is 2.99. The smallest absolute Gasteiger partial charge is 0.348 e. The average Bonchev–Trinajstić information content (AvgIpc) is 2.86. The van der Waals surface area contributed by atoms with Crippen LogP contribution < -0.4 is 4.74 Å². The number of halogens is 2. The Labute approximate surface area is 139 Å². The quantitative estimate of drug-likeness (QED) is 0.664. The highest BCUT2D eigenvalue weighted by Gasteiger charge is 2.22. The predicted octanol–water partition coefficient (Wildman–Crippen LogP) is 4.17. The monoisotopic (exact) mass is 350 g/mol. The van der Waals surface area contributed by atoms with Crippen molar-refractivity contribution in [3.63, 3.8) is 0 Å². The Morgan fingerprint density at radius 1 is 1.21 bits per heavy atom. The minimum Gasteiger partial charge on any atom is -0.465 e. The van der Waals surface area contributed by atoms with Crippen molar-refractivity contribution in [2.75, 3.05) is 7.11 Å². The first-order chi connectivity index (χ1) is 11.4. The second-order valence-corrected chi connectivity index (χ2v) is 5.98. The number of hydrogen-bond acceptors (Lipinski definition) is 6. The van der Waals surface area contributed by atoms with Crippen molar-refractivity contribution >= 4 is 27.5 Å². The second kappa shape index (κ2) is 6.12. The molecule has 0 saturated heterocycles. The Kier molecular flexibility index (Phi) is 4.15. The summed E-state index contributed by atoms with van der Waals surface area (Å²) in [6.45, 7) is 3.36. The number of aryl methyl sites for hydroxylation is 2. The van der Waals surface area contributed by atoms with Crippen LogP contribution in [0.3, 0.4) is 0 Å². The molecule has 124 valence electrons. The predicted molar refractivity (Wildman–Crippen MR) is 84.7 cm³/mol. The first-order valence-corrected chi connectivity index (χ1v) is 7.71. The van der Waals surface area contributed by atoms with E-state index in [9.17, 15) is 13.6 Å². The van der Waals surface area contributed by atoms with Crippen LogP contribution in [0.2, 0.25) is 0 Å². The molecule has 2 heterocycles. The first kappa shape index (κ1) is 16.3. The SMILES string of the molecule is COC(=O)c1sc2nc(C)nc(Oc3ccc(F)cc3F)c2c1C. The Hall–Kier alpha value is -2.61. The molecule has 0 fully saturated rings. The zero-order chi connectivity index (χ0) is 17.4. The van der Waals surface area contributed by atoms with Gasteiger partial charge in [0.1, 0.15) is 21.3 Å². The van der Waals surface area contributed by atoms with Crippen molar-refractivity contribution in [2.24, 2.45) is 0 Å². The van der Waals surface area contributed by atoms with Crippen LogP contribution >= 0.6 is 11.3 Å². The fourth-order valence-corrected chi connectivity index (χ4v) is 3.36. The molecule has 8 heteroatoms. The third-order valence-electron chi connectivity index (χ3n) is 3.34. The van der Waals surface area contributed by atoms with E-state index in [1.54, 1.807) is 13.8 Å². The van der Waals surface area contributed by atoms with Crippen LogP contribution in [-0.2, 0) is 4.74 Å². The van der Waals surface area contributed by atoms with E-state index in [-0.39, 0.29) is 11.6 Å². The van der Waals surface area contributed by atoms with Crippen molar-refractivity contribution in [3.05, 3.63) is 46.1 Å². The van der Waals surface area contributed by atoms with Gasteiger partial charge in [0.2, 0.25) is 5.88 Å². The molecule has 0 N–H and O–H groups in total. The third kappa shape index (κ3) is 2.80. The highest BCUT2D eigenvalue weighted by molar-refractivity contribution is 7.20. The number of benzene rings is 1. The van der Waals surface area contributed by atoms with Gasteiger partial charge in [-0.15, -0.1) is 11.3 Å². The lowest BCUT2D eigenvalue weighted by molar-refractivity contribution is 0.0605. The van der Waals surface area contributed by atoms with E-state index in [1.807, 2.05) is 0 Å². The number of aromatic nitrogens is 2. The van der Waals surface area contributed by atoms with Crippen LogP contribution in [-0.4, -0.2) is 23.0 Å². The lowest BCUT2D eigenvalue weighted by atomic mass is 10.2. The fraction of sp³-hybridized carbons (Fsp3) is 0.188. The Bertz CT molecular complexity index is 956. The molecule has 0 unspecified atom stereocenters. The Morgan fingerprint density at radius 3 is 2.62 bits per heavy atom. The van der Waals surface area contributed by atoms with Gasteiger partial charge >= 0.3 is 5.97 Å². The highest BCUT2D eigenvalue weighted by Crippen LogP contribution is 2.37. The minimum atomic E-state index is -0.847. The fourth-order valence-electron chi connectivity index (χ4n) is 2.23. The normalized spacial score (nSPS) is 10.9. The number of thiophene rings is 1. The number of ether oxygens (including phenoxy) is 2. The molecule has 0 atom stereocenters. The maximum atomic E-state index is 13.8. The third-order valence-corrected chi connectivity index (χ3v) is 4.51. The number of nitrogens with zero attached hydrogens (tertiary/aromatic N) is 2. The van der Waals surface area contributed by atoms with E-state index >= 15 is 0 Å². The maximum absolute atomic E-state index is 13.8. The largest absolute Gasteiger partial charge is 0.465 e. The van der Waals surface area contributed by atoms with E-state index in [0.717, 1.165) is 23.5 Å². The topological polar surface area (TPSA) is 61.3 Å². The van der Waals surface area contributed by atoms with Crippen LogP contribution in [0.5, 0.6) is 11.6 Å². The minimum absolute atomic E-state index is 0.104. The maximum Gasteiger partial charge on any atom is 0.348 e. The second-order valence-electron chi connectivity index (χ2n) is 4.98. The molecule has 0 bridgehead atoms. The number of carbonyl (C=O) groups excluding carboxylic acids is 1. The molecule has 1 aromatic carbocycles. The van der Waals surface area contributed by atoms with Crippen molar-refractivity contribution in [1.82, 2.24) is 9.97 Å². The van der Waals surface area contributed by atoms with Gasteiger partial charge in [-0.05, 0) is 31.5 Å². The summed E-state index contributed by atoms with van der Waals surface area (Å²) < 4.78 is 37.1. The molecule has 0 spiro atoms. The van der Waals surface area contributed by atoms with E-state index in [1.165, 1.54) is 13.2 Å². The lowest BCUT2D eigenvalue weighted by Crippen LogP contribution is -2.00. The summed E-state index contributed by atoms with van der Waals surface area (Å²) in [5.41, 5.74) is 0.583. The lowest BCUT2D eigenvalue weighted by Gasteiger charge is -2.08. The number of esters is 1.